The van der Waals surface area contributed by atoms with Gasteiger partial charge in [0, 0.05) is 17.5 Å². The molecule has 37 heavy (non-hydrogen) atoms. The first-order valence-electron chi connectivity index (χ1n) is 11.4. The summed E-state index contributed by atoms with van der Waals surface area (Å²) in [4.78, 5) is 0. The fourth-order valence-electron chi connectivity index (χ4n) is 4.34. The van der Waals surface area contributed by atoms with Crippen LogP contribution in [0, 0.1) is 0 Å². The monoisotopic (exact) mass is 512 g/mol. The molecular formula is C28H27F3N2O4. The molecule has 0 saturated carbocycles. The smallest absolute Gasteiger partial charge is 0.416 e. The number of para-hydroxylation sites is 2. The summed E-state index contributed by atoms with van der Waals surface area (Å²) in [5, 5.41) is 6.30. The molecule has 194 valence electrons. The Labute approximate surface area is 213 Å². The third kappa shape index (κ3) is 5.35. The average Bonchev–Trinajstić information content (AvgIpc) is 3.34. The van der Waals surface area contributed by atoms with E-state index >= 15 is 0 Å². The second-order valence-corrected chi connectivity index (χ2v) is 8.20. The number of alkyl halides is 3. The molecule has 0 spiro atoms. The molecule has 0 bridgehead atoms. The standard InChI is InChI=1S/C28H27F3N2O4/c1-34-24-12-5-8-18(26(24)36-3)14-15-20-17-23(22-11-7-13-25(35-2)27(22)37-4)33(32-20)21-10-6-9-19(16-21)28(29,30)31/h5-16,23H,17H2,1-4H3. The molecule has 0 amide bonds. The van der Waals surface area contributed by atoms with Crippen molar-refractivity contribution in [2.75, 3.05) is 33.4 Å². The highest BCUT2D eigenvalue weighted by molar-refractivity contribution is 6.01. The van der Waals surface area contributed by atoms with E-state index in [0.717, 1.165) is 23.3 Å². The zero-order chi connectivity index (χ0) is 26.6. The van der Waals surface area contributed by atoms with Crippen molar-refractivity contribution in [1.82, 2.24) is 0 Å². The van der Waals surface area contributed by atoms with Crippen LogP contribution in [0.15, 0.2) is 71.8 Å². The van der Waals surface area contributed by atoms with Gasteiger partial charge in [-0.3, -0.25) is 5.01 Å². The van der Waals surface area contributed by atoms with E-state index in [0.29, 0.717) is 40.8 Å². The van der Waals surface area contributed by atoms with Crippen LogP contribution in [0.25, 0.3) is 6.08 Å². The Hall–Kier alpha value is -4.14. The van der Waals surface area contributed by atoms with Crippen LogP contribution in [0.2, 0.25) is 0 Å². The lowest BCUT2D eigenvalue weighted by atomic mass is 9.99. The molecule has 3 aromatic carbocycles. The van der Waals surface area contributed by atoms with Crippen molar-refractivity contribution < 1.29 is 32.1 Å². The van der Waals surface area contributed by atoms with Gasteiger partial charge in [0.05, 0.1) is 51.4 Å². The summed E-state index contributed by atoms with van der Waals surface area (Å²) in [5.41, 5.74) is 1.74. The van der Waals surface area contributed by atoms with Gasteiger partial charge in [0.15, 0.2) is 23.0 Å². The molecule has 1 atom stereocenters. The first kappa shape index (κ1) is 25.9. The Morgan fingerprint density at radius 2 is 1.46 bits per heavy atom. The summed E-state index contributed by atoms with van der Waals surface area (Å²) < 4.78 is 62.4. The Bertz CT molecular complexity index is 1320. The molecule has 4 rings (SSSR count). The van der Waals surface area contributed by atoms with Gasteiger partial charge in [0.2, 0.25) is 0 Å². The highest BCUT2D eigenvalue weighted by Gasteiger charge is 2.34. The summed E-state index contributed by atoms with van der Waals surface area (Å²) in [6, 6.07) is 15.7. The molecular weight excluding hydrogens is 485 g/mol. The van der Waals surface area contributed by atoms with Crippen LogP contribution in [0.1, 0.15) is 29.2 Å². The number of anilines is 1. The number of methoxy groups -OCH3 is 4. The third-order valence-electron chi connectivity index (χ3n) is 6.05. The summed E-state index contributed by atoms with van der Waals surface area (Å²) in [5.74, 6) is 2.18. The van der Waals surface area contributed by atoms with E-state index in [1.807, 2.05) is 36.4 Å². The zero-order valence-electron chi connectivity index (χ0n) is 20.9. The maximum absolute atomic E-state index is 13.5. The van der Waals surface area contributed by atoms with Gasteiger partial charge in [-0.25, -0.2) is 0 Å². The molecule has 3 aromatic rings. The number of nitrogens with zero attached hydrogens (tertiary/aromatic N) is 2. The first-order chi connectivity index (χ1) is 17.8. The predicted octanol–water partition coefficient (Wildman–Crippen LogP) is 6.76. The van der Waals surface area contributed by atoms with Gasteiger partial charge in [-0.15, -0.1) is 0 Å². The third-order valence-corrected chi connectivity index (χ3v) is 6.05. The van der Waals surface area contributed by atoms with Crippen molar-refractivity contribution in [3.8, 4) is 23.0 Å². The minimum Gasteiger partial charge on any atom is -0.493 e. The Kier molecular flexibility index (Phi) is 7.61. The van der Waals surface area contributed by atoms with Crippen LogP contribution in [0.3, 0.4) is 0 Å². The number of halogens is 3. The van der Waals surface area contributed by atoms with Crippen molar-refractivity contribution in [2.24, 2.45) is 5.10 Å². The maximum Gasteiger partial charge on any atom is 0.416 e. The van der Waals surface area contributed by atoms with Gasteiger partial charge in [0.25, 0.3) is 0 Å². The molecule has 1 unspecified atom stereocenters. The number of hydrogen-bond acceptors (Lipinski definition) is 6. The van der Waals surface area contributed by atoms with Gasteiger partial charge in [0.1, 0.15) is 0 Å². The maximum atomic E-state index is 13.5. The predicted molar refractivity (Wildman–Crippen MR) is 137 cm³/mol. The van der Waals surface area contributed by atoms with Gasteiger partial charge >= 0.3 is 6.18 Å². The number of hydrogen-bond donors (Lipinski definition) is 0. The van der Waals surface area contributed by atoms with E-state index in [4.69, 9.17) is 24.0 Å². The van der Waals surface area contributed by atoms with Crippen LogP contribution in [0.4, 0.5) is 18.9 Å². The topological polar surface area (TPSA) is 52.5 Å². The molecule has 0 radical (unpaired) electrons. The van der Waals surface area contributed by atoms with Crippen molar-refractivity contribution in [2.45, 2.75) is 18.6 Å². The summed E-state index contributed by atoms with van der Waals surface area (Å²) in [6.07, 6.45) is -0.392. The lowest BCUT2D eigenvalue weighted by Crippen LogP contribution is -2.20. The van der Waals surface area contributed by atoms with Crippen LogP contribution in [0.5, 0.6) is 23.0 Å². The van der Waals surface area contributed by atoms with Gasteiger partial charge in [-0.2, -0.15) is 18.3 Å². The van der Waals surface area contributed by atoms with E-state index < -0.39 is 17.8 Å². The fraction of sp³-hybridized carbons (Fsp3) is 0.250. The number of hydrazone groups is 1. The van der Waals surface area contributed by atoms with Crippen molar-refractivity contribution in [1.29, 1.82) is 0 Å². The number of benzene rings is 3. The van der Waals surface area contributed by atoms with Crippen LogP contribution < -0.4 is 24.0 Å². The number of ether oxygens (including phenoxy) is 4. The minimum atomic E-state index is -4.48. The van der Waals surface area contributed by atoms with Gasteiger partial charge < -0.3 is 18.9 Å². The second kappa shape index (κ2) is 10.9. The molecule has 0 aromatic heterocycles. The summed E-state index contributed by atoms with van der Waals surface area (Å²) in [7, 11) is 6.18. The summed E-state index contributed by atoms with van der Waals surface area (Å²) >= 11 is 0. The van der Waals surface area contributed by atoms with Crippen molar-refractivity contribution in [3.05, 3.63) is 83.4 Å². The Morgan fingerprint density at radius 3 is 2.11 bits per heavy atom. The minimum absolute atomic E-state index is 0.312. The lowest BCUT2D eigenvalue weighted by Gasteiger charge is -2.26. The molecule has 6 nitrogen and oxygen atoms in total. The van der Waals surface area contributed by atoms with E-state index in [1.165, 1.54) is 20.3 Å². The van der Waals surface area contributed by atoms with Crippen molar-refractivity contribution in [3.63, 3.8) is 0 Å². The highest BCUT2D eigenvalue weighted by atomic mass is 19.4. The molecule has 1 aliphatic rings. The normalized spacial score (nSPS) is 15.6. The second-order valence-electron chi connectivity index (χ2n) is 8.20. The average molecular weight is 513 g/mol. The van der Waals surface area contributed by atoms with Crippen LogP contribution >= 0.6 is 0 Å². The fourth-order valence-corrected chi connectivity index (χ4v) is 4.34. The first-order valence-corrected chi connectivity index (χ1v) is 11.4. The molecule has 0 aliphatic carbocycles. The van der Waals surface area contributed by atoms with Crippen molar-refractivity contribution >= 4 is 17.5 Å². The van der Waals surface area contributed by atoms with E-state index in [2.05, 4.69) is 0 Å². The molecule has 9 heteroatoms. The zero-order valence-corrected chi connectivity index (χ0v) is 20.9. The van der Waals surface area contributed by atoms with E-state index in [1.54, 1.807) is 37.4 Å². The summed E-state index contributed by atoms with van der Waals surface area (Å²) in [6.45, 7) is 0. The molecule has 1 heterocycles. The number of rotatable bonds is 8. The molecule has 1 aliphatic heterocycles. The Morgan fingerprint density at radius 1 is 0.811 bits per heavy atom. The van der Waals surface area contributed by atoms with Crippen LogP contribution in [-0.2, 0) is 6.18 Å². The largest absolute Gasteiger partial charge is 0.493 e. The van der Waals surface area contributed by atoms with E-state index in [9.17, 15) is 13.2 Å². The highest BCUT2D eigenvalue weighted by Crippen LogP contribution is 2.44. The van der Waals surface area contributed by atoms with Gasteiger partial charge in [-0.05, 0) is 42.5 Å². The van der Waals surface area contributed by atoms with Gasteiger partial charge in [-0.1, -0.05) is 30.3 Å². The molecule has 0 N–H and O–H groups in total. The lowest BCUT2D eigenvalue weighted by molar-refractivity contribution is -0.137. The Balaban J connectivity index is 1.78. The van der Waals surface area contributed by atoms with Crippen LogP contribution in [-0.4, -0.2) is 34.2 Å². The van der Waals surface area contributed by atoms with E-state index in [-0.39, 0.29) is 0 Å². The molecule has 0 fully saturated rings. The number of allylic oxidation sites excluding steroid dienone is 1. The quantitative estimate of drug-likeness (QED) is 0.334. The molecule has 0 saturated heterocycles. The SMILES string of the molecule is COc1cccc(C=CC2=NN(c3cccc(C(F)(F)F)c3)C(c3cccc(OC)c3OC)C2)c1OC.